The van der Waals surface area contributed by atoms with Crippen molar-refractivity contribution in [2.75, 3.05) is 0 Å². The fraction of sp³-hybridized carbons (Fsp3) is 0.182. The number of hydrogen-bond donors (Lipinski definition) is 0. The van der Waals surface area contributed by atoms with Gasteiger partial charge >= 0.3 is 0 Å². The van der Waals surface area contributed by atoms with Crippen LogP contribution in [0.2, 0.25) is 0 Å². The third kappa shape index (κ3) is 3.79. The molecule has 0 bridgehead atoms. The van der Waals surface area contributed by atoms with Gasteiger partial charge in [-0.25, -0.2) is 17.6 Å². The first kappa shape index (κ1) is 18.2. The molecule has 26 heavy (non-hydrogen) atoms. The Morgan fingerprint density at radius 2 is 1.15 bits per heavy atom. The standard InChI is InChI=1S/C22H18F4/c1-13-3-5-15(10-19(13)23)9-16-6-8-17(20(24)11-16)12-18-7-4-14(2)21(25)22(18)26/h3-8,10-11H,9,12H2,1-2H3. The van der Waals surface area contributed by atoms with E-state index in [0.717, 1.165) is 5.56 Å². The van der Waals surface area contributed by atoms with Gasteiger partial charge in [-0.15, -0.1) is 0 Å². The molecule has 0 nitrogen and oxygen atoms in total. The zero-order chi connectivity index (χ0) is 18.8. The highest BCUT2D eigenvalue weighted by Gasteiger charge is 2.13. The van der Waals surface area contributed by atoms with E-state index in [1.807, 2.05) is 0 Å². The molecule has 0 aromatic heterocycles. The monoisotopic (exact) mass is 358 g/mol. The third-order valence-corrected chi connectivity index (χ3v) is 4.50. The molecule has 0 saturated carbocycles. The normalized spacial score (nSPS) is 11.0. The summed E-state index contributed by atoms with van der Waals surface area (Å²) in [6.07, 6.45) is 0.357. The van der Waals surface area contributed by atoms with Crippen LogP contribution in [-0.2, 0) is 12.8 Å². The Balaban J connectivity index is 1.81. The van der Waals surface area contributed by atoms with E-state index in [-0.39, 0.29) is 28.9 Å². The molecule has 0 saturated heterocycles. The fourth-order valence-electron chi connectivity index (χ4n) is 2.85. The summed E-state index contributed by atoms with van der Waals surface area (Å²) in [7, 11) is 0. The predicted octanol–water partition coefficient (Wildman–Crippen LogP) is 6.04. The van der Waals surface area contributed by atoms with Gasteiger partial charge in [0, 0.05) is 6.42 Å². The van der Waals surface area contributed by atoms with Gasteiger partial charge in [0.2, 0.25) is 0 Å². The maximum Gasteiger partial charge on any atom is 0.162 e. The molecule has 0 amide bonds. The van der Waals surface area contributed by atoms with E-state index < -0.39 is 17.5 Å². The van der Waals surface area contributed by atoms with Crippen molar-refractivity contribution in [3.05, 3.63) is 105 Å². The number of hydrogen-bond acceptors (Lipinski definition) is 0. The summed E-state index contributed by atoms with van der Waals surface area (Å²) in [4.78, 5) is 0. The molecular formula is C22H18F4. The minimum absolute atomic E-state index is 0.0334. The lowest BCUT2D eigenvalue weighted by atomic mass is 9.98. The molecule has 3 aromatic carbocycles. The number of aryl methyl sites for hydroxylation is 2. The Morgan fingerprint density at radius 1 is 0.577 bits per heavy atom. The van der Waals surface area contributed by atoms with Crippen LogP contribution in [0.1, 0.15) is 33.4 Å². The summed E-state index contributed by atoms with van der Waals surface area (Å²) in [5, 5.41) is 0. The molecule has 0 radical (unpaired) electrons. The van der Waals surface area contributed by atoms with E-state index in [9.17, 15) is 17.6 Å². The maximum absolute atomic E-state index is 14.4. The van der Waals surface area contributed by atoms with Crippen LogP contribution in [-0.4, -0.2) is 0 Å². The van der Waals surface area contributed by atoms with Crippen LogP contribution in [0.3, 0.4) is 0 Å². The van der Waals surface area contributed by atoms with Crippen molar-refractivity contribution in [1.82, 2.24) is 0 Å². The van der Waals surface area contributed by atoms with Gasteiger partial charge < -0.3 is 0 Å². The second kappa shape index (κ2) is 7.32. The average Bonchev–Trinajstić information content (AvgIpc) is 2.60. The average molecular weight is 358 g/mol. The first-order valence-corrected chi connectivity index (χ1v) is 8.31. The second-order valence-corrected chi connectivity index (χ2v) is 6.53. The Labute approximate surface area is 150 Å². The fourth-order valence-corrected chi connectivity index (χ4v) is 2.85. The molecule has 0 unspecified atom stereocenters. The van der Waals surface area contributed by atoms with Crippen molar-refractivity contribution in [2.45, 2.75) is 26.7 Å². The molecule has 0 aliphatic carbocycles. The zero-order valence-electron chi connectivity index (χ0n) is 14.5. The molecule has 134 valence electrons. The van der Waals surface area contributed by atoms with Gasteiger partial charge in [-0.1, -0.05) is 36.4 Å². The Kier molecular flexibility index (Phi) is 5.12. The Hall–Kier alpha value is -2.62. The highest BCUT2D eigenvalue weighted by atomic mass is 19.2. The first-order chi connectivity index (χ1) is 12.3. The predicted molar refractivity (Wildman–Crippen MR) is 94.2 cm³/mol. The summed E-state index contributed by atoms with van der Waals surface area (Å²) >= 11 is 0. The molecule has 0 N–H and O–H groups in total. The van der Waals surface area contributed by atoms with Crippen molar-refractivity contribution in [2.24, 2.45) is 0 Å². The summed E-state index contributed by atoms with van der Waals surface area (Å²) in [6.45, 7) is 3.16. The van der Waals surface area contributed by atoms with Crippen LogP contribution in [0.4, 0.5) is 17.6 Å². The molecule has 3 rings (SSSR count). The maximum atomic E-state index is 14.4. The number of rotatable bonds is 4. The third-order valence-electron chi connectivity index (χ3n) is 4.50. The lowest BCUT2D eigenvalue weighted by molar-refractivity contribution is 0.494. The van der Waals surface area contributed by atoms with Crippen LogP contribution in [0.25, 0.3) is 0 Å². The molecule has 0 atom stereocenters. The molecule has 0 heterocycles. The summed E-state index contributed by atoms with van der Waals surface area (Å²) < 4.78 is 55.7. The smallest absolute Gasteiger partial charge is 0.162 e. The Morgan fingerprint density at radius 3 is 1.81 bits per heavy atom. The van der Waals surface area contributed by atoms with E-state index in [1.54, 1.807) is 31.2 Å². The lowest BCUT2D eigenvalue weighted by Crippen LogP contribution is -2.01. The van der Waals surface area contributed by atoms with Gasteiger partial charge in [0.1, 0.15) is 11.6 Å². The van der Waals surface area contributed by atoms with Gasteiger partial charge in [-0.05, 0) is 65.8 Å². The minimum Gasteiger partial charge on any atom is -0.207 e. The highest BCUT2D eigenvalue weighted by molar-refractivity contribution is 5.35. The molecule has 3 aromatic rings. The van der Waals surface area contributed by atoms with E-state index in [0.29, 0.717) is 17.5 Å². The molecule has 0 aliphatic rings. The van der Waals surface area contributed by atoms with Gasteiger partial charge in [0.25, 0.3) is 0 Å². The van der Waals surface area contributed by atoms with Crippen molar-refractivity contribution >= 4 is 0 Å². The van der Waals surface area contributed by atoms with Crippen molar-refractivity contribution in [3.8, 4) is 0 Å². The highest BCUT2D eigenvalue weighted by Crippen LogP contribution is 2.22. The van der Waals surface area contributed by atoms with Gasteiger partial charge in [0.05, 0.1) is 0 Å². The minimum atomic E-state index is -0.941. The summed E-state index contributed by atoms with van der Waals surface area (Å²) in [5.41, 5.74) is 2.60. The van der Waals surface area contributed by atoms with Crippen LogP contribution < -0.4 is 0 Å². The number of halogens is 4. The largest absolute Gasteiger partial charge is 0.207 e. The summed E-state index contributed by atoms with van der Waals surface area (Å²) in [6, 6.07) is 12.5. The van der Waals surface area contributed by atoms with Crippen molar-refractivity contribution < 1.29 is 17.6 Å². The zero-order valence-corrected chi connectivity index (χ0v) is 14.5. The number of benzene rings is 3. The van der Waals surface area contributed by atoms with Crippen LogP contribution in [0.5, 0.6) is 0 Å². The SMILES string of the molecule is Cc1ccc(Cc2ccc(Cc3ccc(C)c(F)c3F)c(F)c2)cc1F. The van der Waals surface area contributed by atoms with Crippen molar-refractivity contribution in [1.29, 1.82) is 0 Å². The topological polar surface area (TPSA) is 0 Å². The molecule has 0 fully saturated rings. The molecule has 4 heteroatoms. The first-order valence-electron chi connectivity index (χ1n) is 8.31. The van der Waals surface area contributed by atoms with Crippen molar-refractivity contribution in [3.63, 3.8) is 0 Å². The summed E-state index contributed by atoms with van der Waals surface area (Å²) in [5.74, 6) is -2.63. The van der Waals surface area contributed by atoms with Crippen LogP contribution in [0, 0.1) is 37.1 Å². The van der Waals surface area contributed by atoms with Gasteiger partial charge in [0.15, 0.2) is 11.6 Å². The molecule has 0 spiro atoms. The van der Waals surface area contributed by atoms with Gasteiger partial charge in [-0.2, -0.15) is 0 Å². The van der Waals surface area contributed by atoms with Crippen LogP contribution >= 0.6 is 0 Å². The lowest BCUT2D eigenvalue weighted by Gasteiger charge is -2.09. The van der Waals surface area contributed by atoms with Gasteiger partial charge in [-0.3, -0.25) is 0 Å². The molecular weight excluding hydrogens is 340 g/mol. The van der Waals surface area contributed by atoms with E-state index in [2.05, 4.69) is 0 Å². The van der Waals surface area contributed by atoms with Crippen LogP contribution in [0.15, 0.2) is 48.5 Å². The van der Waals surface area contributed by atoms with E-state index in [1.165, 1.54) is 31.2 Å². The molecule has 0 aliphatic heterocycles. The Bertz CT molecular complexity index is 961. The second-order valence-electron chi connectivity index (χ2n) is 6.53. The van der Waals surface area contributed by atoms with E-state index >= 15 is 0 Å². The quantitative estimate of drug-likeness (QED) is 0.499. The van der Waals surface area contributed by atoms with E-state index in [4.69, 9.17) is 0 Å².